The van der Waals surface area contributed by atoms with E-state index in [0.717, 1.165) is 53.6 Å². The molecular formula is C23H23N7S. The topological polar surface area (TPSA) is 78.0 Å². The van der Waals surface area contributed by atoms with E-state index in [-0.39, 0.29) is 0 Å². The van der Waals surface area contributed by atoms with Crippen LogP contribution < -0.4 is 16.1 Å². The number of rotatable bonds is 8. The third-order valence-electron chi connectivity index (χ3n) is 4.93. The van der Waals surface area contributed by atoms with E-state index < -0.39 is 0 Å². The molecule has 31 heavy (non-hydrogen) atoms. The van der Waals surface area contributed by atoms with E-state index in [1.165, 1.54) is 4.70 Å². The molecule has 0 fully saturated rings. The van der Waals surface area contributed by atoms with Crippen molar-refractivity contribution in [3.8, 4) is 10.6 Å². The summed E-state index contributed by atoms with van der Waals surface area (Å²) in [6, 6.07) is 18.3. The van der Waals surface area contributed by atoms with Crippen molar-refractivity contribution in [1.29, 1.82) is 0 Å². The van der Waals surface area contributed by atoms with Crippen molar-refractivity contribution < 1.29 is 0 Å². The van der Waals surface area contributed by atoms with Gasteiger partial charge in [-0.2, -0.15) is 4.98 Å². The van der Waals surface area contributed by atoms with Crippen molar-refractivity contribution in [3.05, 3.63) is 73.1 Å². The molecule has 0 atom stereocenters. The van der Waals surface area contributed by atoms with Gasteiger partial charge >= 0.3 is 0 Å². The molecule has 0 saturated carbocycles. The summed E-state index contributed by atoms with van der Waals surface area (Å²) in [6.07, 6.45) is 6.87. The van der Waals surface area contributed by atoms with Gasteiger partial charge in [-0.15, -0.1) is 11.3 Å². The van der Waals surface area contributed by atoms with E-state index in [4.69, 9.17) is 4.98 Å². The molecule has 0 amide bonds. The minimum absolute atomic E-state index is 0.567. The second-order valence-corrected chi connectivity index (χ2v) is 8.25. The molecule has 0 spiro atoms. The average Bonchev–Trinajstić information content (AvgIpc) is 3.47. The molecule has 4 aromatic rings. The summed E-state index contributed by atoms with van der Waals surface area (Å²) in [5, 5.41) is 9.86. The number of thiazole rings is 1. The highest BCUT2D eigenvalue weighted by molar-refractivity contribution is 7.21. The number of fused-ring (bicyclic) bond motifs is 1. The molecule has 8 heteroatoms. The van der Waals surface area contributed by atoms with Gasteiger partial charge in [-0.05, 0) is 36.8 Å². The number of nitrogens with zero attached hydrogens (tertiary/aromatic N) is 4. The largest absolute Gasteiger partial charge is 0.370 e. The van der Waals surface area contributed by atoms with Gasteiger partial charge in [0.25, 0.3) is 0 Å². The van der Waals surface area contributed by atoms with Crippen LogP contribution in [0, 0.1) is 0 Å². The lowest BCUT2D eigenvalue weighted by atomic mass is 10.2. The maximum absolute atomic E-state index is 4.75. The molecule has 3 heterocycles. The summed E-state index contributed by atoms with van der Waals surface area (Å²) in [6.45, 7) is 2.79. The van der Waals surface area contributed by atoms with Gasteiger partial charge in [0.1, 0.15) is 10.8 Å². The number of para-hydroxylation sites is 1. The Bertz CT molecular complexity index is 1160. The fourth-order valence-corrected chi connectivity index (χ4v) is 4.37. The second kappa shape index (κ2) is 9.11. The smallest absolute Gasteiger partial charge is 0.229 e. The maximum atomic E-state index is 4.75. The molecule has 0 saturated heterocycles. The fourth-order valence-electron chi connectivity index (χ4n) is 3.41. The van der Waals surface area contributed by atoms with E-state index in [0.29, 0.717) is 5.95 Å². The first kappa shape index (κ1) is 19.5. The lowest BCUT2D eigenvalue weighted by molar-refractivity contribution is 0.266. The zero-order valence-electron chi connectivity index (χ0n) is 17.0. The summed E-state index contributed by atoms with van der Waals surface area (Å²) in [5.74, 6) is 1.38. The summed E-state index contributed by atoms with van der Waals surface area (Å²) in [5.41, 5.74) is 6.24. The normalized spacial score (nSPS) is 13.4. The van der Waals surface area contributed by atoms with Crippen LogP contribution in [-0.2, 0) is 0 Å². The van der Waals surface area contributed by atoms with Gasteiger partial charge < -0.3 is 16.1 Å². The van der Waals surface area contributed by atoms with Crippen LogP contribution >= 0.6 is 11.3 Å². The van der Waals surface area contributed by atoms with E-state index in [1.54, 1.807) is 17.5 Å². The Morgan fingerprint density at radius 1 is 1.06 bits per heavy atom. The first-order chi connectivity index (χ1) is 15.3. The Morgan fingerprint density at radius 2 is 2.03 bits per heavy atom. The standard InChI is InChI=1S/C23H23N7S/c1-2-9-20-19(8-1)28-22(31-20)17-6-3-7-18(16-17)27-23-25-13-10-21(29-23)24-11-4-14-30-15-5-12-26-30/h1-3,5-10,12-13,16,26H,4,11,14-15H2,(H2,24,25,27,29). The summed E-state index contributed by atoms with van der Waals surface area (Å²) in [7, 11) is 0. The Labute approximate surface area is 184 Å². The highest BCUT2D eigenvalue weighted by Gasteiger charge is 2.08. The first-order valence-corrected chi connectivity index (χ1v) is 11.1. The van der Waals surface area contributed by atoms with E-state index in [1.807, 2.05) is 42.6 Å². The summed E-state index contributed by atoms with van der Waals surface area (Å²) >= 11 is 1.70. The number of aromatic nitrogens is 3. The highest BCUT2D eigenvalue weighted by Crippen LogP contribution is 2.31. The molecule has 2 aromatic carbocycles. The van der Waals surface area contributed by atoms with Gasteiger partial charge in [-0.1, -0.05) is 30.3 Å². The third kappa shape index (κ3) is 4.82. The number of nitrogens with one attached hydrogen (secondary N) is 3. The molecule has 3 N–H and O–H groups in total. The first-order valence-electron chi connectivity index (χ1n) is 10.3. The van der Waals surface area contributed by atoms with Crippen LogP contribution in [0.3, 0.4) is 0 Å². The Kier molecular flexibility index (Phi) is 5.72. The minimum atomic E-state index is 0.567. The molecule has 5 rings (SSSR count). The fraction of sp³-hybridized carbons (Fsp3) is 0.174. The summed E-state index contributed by atoms with van der Waals surface area (Å²) < 4.78 is 1.19. The Morgan fingerprint density at radius 3 is 2.94 bits per heavy atom. The molecule has 0 bridgehead atoms. The number of hydrogen-bond acceptors (Lipinski definition) is 8. The van der Waals surface area contributed by atoms with E-state index >= 15 is 0 Å². The van der Waals surface area contributed by atoms with E-state index in [2.05, 4.69) is 55.3 Å². The van der Waals surface area contributed by atoms with Crippen molar-refractivity contribution in [3.63, 3.8) is 0 Å². The van der Waals surface area contributed by atoms with Crippen LogP contribution in [0.15, 0.2) is 73.1 Å². The molecular weight excluding hydrogens is 406 g/mol. The zero-order valence-corrected chi connectivity index (χ0v) is 17.8. The SMILES string of the molecule is C1=CNN(CCCNc2ccnc(Nc3cccc(-c4nc5ccccc5s4)c3)n2)C1. The number of anilines is 3. The van der Waals surface area contributed by atoms with Crippen molar-refractivity contribution in [2.75, 3.05) is 30.3 Å². The Hall–Kier alpha value is -3.49. The number of benzene rings is 2. The van der Waals surface area contributed by atoms with Crippen LogP contribution in [0.25, 0.3) is 20.8 Å². The van der Waals surface area contributed by atoms with Crippen molar-refractivity contribution in [1.82, 2.24) is 25.4 Å². The van der Waals surface area contributed by atoms with Crippen molar-refractivity contribution in [2.24, 2.45) is 0 Å². The monoisotopic (exact) mass is 429 g/mol. The molecule has 1 aliphatic rings. The zero-order chi connectivity index (χ0) is 20.9. The molecule has 0 radical (unpaired) electrons. The van der Waals surface area contributed by atoms with Gasteiger partial charge in [-0.25, -0.2) is 15.0 Å². The number of hydrogen-bond donors (Lipinski definition) is 3. The predicted molar refractivity (Wildman–Crippen MR) is 127 cm³/mol. The van der Waals surface area contributed by atoms with Crippen LogP contribution in [-0.4, -0.2) is 39.6 Å². The predicted octanol–water partition coefficient (Wildman–Crippen LogP) is 4.63. The molecule has 1 aliphatic heterocycles. The van der Waals surface area contributed by atoms with Crippen LogP contribution in [0.5, 0.6) is 0 Å². The van der Waals surface area contributed by atoms with Gasteiger partial charge in [-0.3, -0.25) is 0 Å². The third-order valence-corrected chi connectivity index (χ3v) is 6.01. The van der Waals surface area contributed by atoms with Crippen molar-refractivity contribution in [2.45, 2.75) is 6.42 Å². The van der Waals surface area contributed by atoms with Crippen molar-refractivity contribution >= 4 is 39.0 Å². The lowest BCUT2D eigenvalue weighted by Crippen LogP contribution is -2.31. The number of hydrazine groups is 1. The van der Waals surface area contributed by atoms with Gasteiger partial charge in [0.05, 0.1) is 10.2 Å². The maximum Gasteiger partial charge on any atom is 0.229 e. The lowest BCUT2D eigenvalue weighted by Gasteiger charge is -2.15. The van der Waals surface area contributed by atoms with Gasteiger partial charge in [0.15, 0.2) is 0 Å². The highest BCUT2D eigenvalue weighted by atomic mass is 32.1. The molecule has 156 valence electrons. The van der Waals surface area contributed by atoms with Gasteiger partial charge in [0.2, 0.25) is 5.95 Å². The Balaban J connectivity index is 1.22. The minimum Gasteiger partial charge on any atom is -0.370 e. The van der Waals surface area contributed by atoms with Crippen LogP contribution in [0.1, 0.15) is 6.42 Å². The molecule has 0 aliphatic carbocycles. The van der Waals surface area contributed by atoms with Crippen LogP contribution in [0.2, 0.25) is 0 Å². The summed E-state index contributed by atoms with van der Waals surface area (Å²) in [4.78, 5) is 13.7. The van der Waals surface area contributed by atoms with Gasteiger partial charge in [0, 0.05) is 43.3 Å². The molecule has 2 aromatic heterocycles. The average molecular weight is 430 g/mol. The second-order valence-electron chi connectivity index (χ2n) is 7.22. The van der Waals surface area contributed by atoms with Crippen LogP contribution in [0.4, 0.5) is 17.5 Å². The van der Waals surface area contributed by atoms with E-state index in [9.17, 15) is 0 Å². The quantitative estimate of drug-likeness (QED) is 0.352. The molecule has 7 nitrogen and oxygen atoms in total. The molecule has 0 unspecified atom stereocenters.